The van der Waals surface area contributed by atoms with Gasteiger partial charge in [-0.15, -0.1) is 5.10 Å². The third-order valence-corrected chi connectivity index (χ3v) is 2.59. The van der Waals surface area contributed by atoms with Crippen LogP contribution in [0.5, 0.6) is 0 Å². The molecule has 0 radical (unpaired) electrons. The fourth-order valence-corrected chi connectivity index (χ4v) is 1.86. The topological polar surface area (TPSA) is 83.3 Å². The molecule has 0 spiro atoms. The fourth-order valence-electron chi connectivity index (χ4n) is 1.86. The maximum Gasteiger partial charge on any atom is 0.322 e. The van der Waals surface area contributed by atoms with Gasteiger partial charge in [-0.05, 0) is 6.92 Å². The van der Waals surface area contributed by atoms with Crippen LogP contribution < -0.4 is 10.6 Å². The van der Waals surface area contributed by atoms with E-state index in [2.05, 4.69) is 32.7 Å². The predicted octanol–water partition coefficient (Wildman–Crippen LogP) is -0.390. The second-order valence-corrected chi connectivity index (χ2v) is 4.26. The highest BCUT2D eigenvalue weighted by Crippen LogP contribution is 2.04. The van der Waals surface area contributed by atoms with Gasteiger partial charge >= 0.3 is 6.01 Å². The first-order chi connectivity index (χ1) is 8.13. The Morgan fingerprint density at radius 2 is 2.47 bits per heavy atom. The summed E-state index contributed by atoms with van der Waals surface area (Å²) in [6.45, 7) is 6.80. The molecule has 0 aliphatic carbocycles. The molecular formula is C10H17N5O2. The summed E-state index contributed by atoms with van der Waals surface area (Å²) in [5.41, 5.74) is 0. The van der Waals surface area contributed by atoms with Gasteiger partial charge in [-0.25, -0.2) is 0 Å². The standard InChI is InChI=1S/C10H17N5O2/c1-7-5-15(4-3-11-7)6-9(16)12-10-14-13-8(2)17-10/h7,11H,3-6H2,1-2H3,(H,12,14,16)/t7-/m1/s1. The number of aromatic nitrogens is 2. The van der Waals surface area contributed by atoms with E-state index in [1.165, 1.54) is 0 Å². The fraction of sp³-hybridized carbons (Fsp3) is 0.700. The van der Waals surface area contributed by atoms with Crippen LogP contribution in [0.3, 0.4) is 0 Å². The summed E-state index contributed by atoms with van der Waals surface area (Å²) < 4.78 is 5.08. The van der Waals surface area contributed by atoms with Gasteiger partial charge in [0.1, 0.15) is 0 Å². The zero-order valence-corrected chi connectivity index (χ0v) is 10.1. The molecule has 1 aromatic rings. The van der Waals surface area contributed by atoms with Gasteiger partial charge in [0, 0.05) is 32.6 Å². The molecule has 2 N–H and O–H groups in total. The Morgan fingerprint density at radius 1 is 1.65 bits per heavy atom. The largest absolute Gasteiger partial charge is 0.408 e. The van der Waals surface area contributed by atoms with E-state index in [1.807, 2.05) is 0 Å². The second kappa shape index (κ2) is 5.24. The van der Waals surface area contributed by atoms with Gasteiger partial charge in [0.2, 0.25) is 11.8 Å². The van der Waals surface area contributed by atoms with Crippen molar-refractivity contribution in [1.82, 2.24) is 20.4 Å². The highest BCUT2D eigenvalue weighted by Gasteiger charge is 2.18. The Hall–Kier alpha value is -1.47. The van der Waals surface area contributed by atoms with E-state index in [1.54, 1.807) is 6.92 Å². The molecule has 1 amide bonds. The molecule has 0 bridgehead atoms. The van der Waals surface area contributed by atoms with Crippen molar-refractivity contribution in [3.8, 4) is 0 Å². The van der Waals surface area contributed by atoms with Crippen molar-refractivity contribution < 1.29 is 9.21 Å². The monoisotopic (exact) mass is 239 g/mol. The number of anilines is 1. The Labute approximate surface area is 99.6 Å². The Bertz CT molecular complexity index is 392. The quantitative estimate of drug-likeness (QED) is 0.747. The number of amides is 1. The average Bonchev–Trinajstić information content (AvgIpc) is 2.63. The first-order valence-electron chi connectivity index (χ1n) is 5.69. The number of rotatable bonds is 3. The molecule has 1 aromatic heterocycles. The van der Waals surface area contributed by atoms with Crippen molar-refractivity contribution >= 4 is 11.9 Å². The summed E-state index contributed by atoms with van der Waals surface area (Å²) >= 11 is 0. The lowest BCUT2D eigenvalue weighted by atomic mass is 10.2. The lowest BCUT2D eigenvalue weighted by molar-refractivity contribution is -0.117. The highest BCUT2D eigenvalue weighted by atomic mass is 16.4. The Kier molecular flexibility index (Phi) is 3.70. The van der Waals surface area contributed by atoms with Crippen molar-refractivity contribution in [1.29, 1.82) is 0 Å². The predicted molar refractivity (Wildman–Crippen MR) is 61.6 cm³/mol. The van der Waals surface area contributed by atoms with Crippen molar-refractivity contribution in [2.45, 2.75) is 19.9 Å². The number of carbonyl (C=O) groups excluding carboxylic acids is 1. The number of hydrogen-bond donors (Lipinski definition) is 2. The summed E-state index contributed by atoms with van der Waals surface area (Å²) in [7, 11) is 0. The van der Waals surface area contributed by atoms with Crippen LogP contribution >= 0.6 is 0 Å². The Balaban J connectivity index is 1.80. The van der Waals surface area contributed by atoms with E-state index >= 15 is 0 Å². The van der Waals surface area contributed by atoms with E-state index in [4.69, 9.17) is 4.42 Å². The van der Waals surface area contributed by atoms with E-state index in [9.17, 15) is 4.79 Å². The van der Waals surface area contributed by atoms with E-state index in [-0.39, 0.29) is 11.9 Å². The molecule has 2 rings (SSSR count). The molecule has 1 aliphatic rings. The molecule has 17 heavy (non-hydrogen) atoms. The molecule has 94 valence electrons. The van der Waals surface area contributed by atoms with Gasteiger partial charge in [0.25, 0.3) is 0 Å². The minimum absolute atomic E-state index is 0.122. The lowest BCUT2D eigenvalue weighted by Gasteiger charge is -2.30. The van der Waals surface area contributed by atoms with Crippen LogP contribution in [0, 0.1) is 6.92 Å². The van der Waals surface area contributed by atoms with Crippen molar-refractivity contribution in [3.05, 3.63) is 5.89 Å². The SMILES string of the molecule is Cc1nnc(NC(=O)CN2CCN[C@H](C)C2)o1. The summed E-state index contributed by atoms with van der Waals surface area (Å²) in [4.78, 5) is 13.8. The molecule has 1 saturated heterocycles. The molecule has 0 aromatic carbocycles. The molecule has 0 unspecified atom stereocenters. The first kappa shape index (κ1) is 12.0. The van der Waals surface area contributed by atoms with Gasteiger partial charge in [-0.1, -0.05) is 5.10 Å². The molecule has 1 aliphatic heterocycles. The van der Waals surface area contributed by atoms with Gasteiger partial charge in [0.05, 0.1) is 6.54 Å². The van der Waals surface area contributed by atoms with Crippen LogP contribution in [0.25, 0.3) is 0 Å². The first-order valence-corrected chi connectivity index (χ1v) is 5.69. The van der Waals surface area contributed by atoms with E-state index < -0.39 is 0 Å². The van der Waals surface area contributed by atoms with Crippen molar-refractivity contribution in [3.63, 3.8) is 0 Å². The van der Waals surface area contributed by atoms with Crippen molar-refractivity contribution in [2.75, 3.05) is 31.5 Å². The molecule has 1 fully saturated rings. The van der Waals surface area contributed by atoms with E-state index in [0.717, 1.165) is 19.6 Å². The smallest absolute Gasteiger partial charge is 0.322 e. The minimum Gasteiger partial charge on any atom is -0.408 e. The third-order valence-electron chi connectivity index (χ3n) is 2.59. The lowest BCUT2D eigenvalue weighted by Crippen LogP contribution is -2.51. The summed E-state index contributed by atoms with van der Waals surface area (Å²) in [6.07, 6.45) is 0. The molecule has 7 nitrogen and oxygen atoms in total. The van der Waals surface area contributed by atoms with E-state index in [0.29, 0.717) is 18.5 Å². The number of piperazine rings is 1. The van der Waals surface area contributed by atoms with Crippen LogP contribution in [0.15, 0.2) is 4.42 Å². The molecule has 2 heterocycles. The minimum atomic E-state index is -0.122. The molecular weight excluding hydrogens is 222 g/mol. The normalized spacial score (nSPS) is 21.4. The zero-order valence-electron chi connectivity index (χ0n) is 10.1. The van der Waals surface area contributed by atoms with Gasteiger partial charge < -0.3 is 9.73 Å². The van der Waals surface area contributed by atoms with Gasteiger partial charge in [-0.2, -0.15) is 0 Å². The number of aryl methyl sites for hydroxylation is 1. The third kappa shape index (κ3) is 3.50. The second-order valence-electron chi connectivity index (χ2n) is 4.26. The zero-order chi connectivity index (χ0) is 12.3. The number of hydrogen-bond acceptors (Lipinski definition) is 6. The van der Waals surface area contributed by atoms with Gasteiger partial charge in [0.15, 0.2) is 0 Å². The number of nitrogens with zero attached hydrogens (tertiary/aromatic N) is 3. The van der Waals surface area contributed by atoms with Crippen LogP contribution in [0.1, 0.15) is 12.8 Å². The van der Waals surface area contributed by atoms with Gasteiger partial charge in [-0.3, -0.25) is 15.0 Å². The van der Waals surface area contributed by atoms with Crippen LogP contribution in [0.2, 0.25) is 0 Å². The number of carbonyl (C=O) groups is 1. The van der Waals surface area contributed by atoms with Crippen LogP contribution in [0.4, 0.5) is 6.01 Å². The highest BCUT2D eigenvalue weighted by molar-refractivity contribution is 5.90. The molecule has 1 atom stereocenters. The molecule has 0 saturated carbocycles. The van der Waals surface area contributed by atoms with Crippen LogP contribution in [-0.2, 0) is 4.79 Å². The Morgan fingerprint density at radius 3 is 3.12 bits per heavy atom. The number of nitrogens with one attached hydrogen (secondary N) is 2. The summed E-state index contributed by atoms with van der Waals surface area (Å²) in [5, 5.41) is 13.3. The summed E-state index contributed by atoms with van der Waals surface area (Å²) in [5.74, 6) is 0.318. The average molecular weight is 239 g/mol. The maximum absolute atomic E-state index is 11.7. The maximum atomic E-state index is 11.7. The van der Waals surface area contributed by atoms with Crippen molar-refractivity contribution in [2.24, 2.45) is 0 Å². The summed E-state index contributed by atoms with van der Waals surface area (Å²) in [6, 6.07) is 0.581. The molecule has 7 heteroatoms. The van der Waals surface area contributed by atoms with Crippen LogP contribution in [-0.4, -0.2) is 53.2 Å².